The highest BCUT2D eigenvalue weighted by Crippen LogP contribution is 2.26. The number of fused-ring (bicyclic) bond motifs is 1. The van der Waals surface area contributed by atoms with Gasteiger partial charge in [0.1, 0.15) is 6.04 Å². The van der Waals surface area contributed by atoms with Gasteiger partial charge in [-0.3, -0.25) is 4.79 Å². The summed E-state index contributed by atoms with van der Waals surface area (Å²) in [4.78, 5) is 16.4. The van der Waals surface area contributed by atoms with Gasteiger partial charge in [-0.1, -0.05) is 36.4 Å². The maximum absolute atomic E-state index is 12.9. The lowest BCUT2D eigenvalue weighted by molar-refractivity contribution is -0.124. The van der Waals surface area contributed by atoms with Crippen molar-refractivity contribution in [3.63, 3.8) is 0 Å². The van der Waals surface area contributed by atoms with Crippen molar-refractivity contribution >= 4 is 26.8 Å². The molecule has 2 N–H and O–H groups in total. The van der Waals surface area contributed by atoms with E-state index in [2.05, 4.69) is 16.4 Å². The lowest BCUT2D eigenvalue weighted by atomic mass is 10.1. The van der Waals surface area contributed by atoms with Crippen LogP contribution in [0.4, 0.5) is 0 Å². The normalized spacial score (nSPS) is 17.6. The molecule has 1 saturated heterocycles. The number of sulfonamides is 1. The van der Waals surface area contributed by atoms with Crippen molar-refractivity contribution in [1.82, 2.24) is 14.6 Å². The molecule has 3 aromatic rings. The van der Waals surface area contributed by atoms with Gasteiger partial charge in [0.05, 0.1) is 4.90 Å². The molecule has 152 valence electrons. The summed E-state index contributed by atoms with van der Waals surface area (Å²) in [6.07, 6.45) is 1.93. The summed E-state index contributed by atoms with van der Waals surface area (Å²) in [5.74, 6) is -0.223. The number of amides is 1. The van der Waals surface area contributed by atoms with Gasteiger partial charge in [0.2, 0.25) is 15.9 Å². The Labute approximate surface area is 171 Å². The zero-order valence-electron chi connectivity index (χ0n) is 16.4. The molecule has 1 aromatic heterocycles. The summed E-state index contributed by atoms with van der Waals surface area (Å²) >= 11 is 0. The molecule has 1 atom stereocenters. The van der Waals surface area contributed by atoms with Crippen LogP contribution in [-0.2, 0) is 21.2 Å². The van der Waals surface area contributed by atoms with Crippen LogP contribution in [0.2, 0.25) is 0 Å². The highest BCUT2D eigenvalue weighted by atomic mass is 32.2. The van der Waals surface area contributed by atoms with Gasteiger partial charge in [0, 0.05) is 29.7 Å². The molecule has 7 heteroatoms. The Morgan fingerprint density at radius 3 is 2.66 bits per heavy atom. The van der Waals surface area contributed by atoms with E-state index >= 15 is 0 Å². The van der Waals surface area contributed by atoms with Crippen LogP contribution < -0.4 is 5.32 Å². The number of para-hydroxylation sites is 1. The van der Waals surface area contributed by atoms with E-state index in [1.807, 2.05) is 25.1 Å². The van der Waals surface area contributed by atoms with Gasteiger partial charge < -0.3 is 10.3 Å². The highest BCUT2D eigenvalue weighted by molar-refractivity contribution is 7.89. The number of rotatable bonds is 6. The number of aromatic nitrogens is 1. The lowest BCUT2D eigenvalue weighted by Crippen LogP contribution is -2.46. The molecule has 6 nitrogen and oxygen atoms in total. The topological polar surface area (TPSA) is 82.3 Å². The average molecular weight is 412 g/mol. The van der Waals surface area contributed by atoms with Gasteiger partial charge in [-0.2, -0.15) is 4.31 Å². The van der Waals surface area contributed by atoms with Crippen LogP contribution in [0.1, 0.15) is 24.1 Å². The summed E-state index contributed by atoms with van der Waals surface area (Å²) in [5, 5.41) is 4.11. The van der Waals surface area contributed by atoms with Crippen molar-refractivity contribution in [1.29, 1.82) is 0 Å². The summed E-state index contributed by atoms with van der Waals surface area (Å²) in [5.41, 5.74) is 3.36. The maximum Gasteiger partial charge on any atom is 0.243 e. The minimum Gasteiger partial charge on any atom is -0.358 e. The minimum absolute atomic E-state index is 0.223. The van der Waals surface area contributed by atoms with Gasteiger partial charge >= 0.3 is 0 Å². The van der Waals surface area contributed by atoms with Crippen molar-refractivity contribution in [2.24, 2.45) is 0 Å². The zero-order chi connectivity index (χ0) is 20.4. The van der Waals surface area contributed by atoms with E-state index < -0.39 is 16.1 Å². The number of nitrogens with zero attached hydrogens (tertiary/aromatic N) is 1. The molecule has 1 aliphatic heterocycles. The van der Waals surface area contributed by atoms with Crippen LogP contribution in [0, 0.1) is 6.92 Å². The first-order valence-electron chi connectivity index (χ1n) is 9.89. The first-order valence-corrected chi connectivity index (χ1v) is 11.3. The molecule has 1 fully saturated rings. The molecule has 0 radical (unpaired) electrons. The maximum atomic E-state index is 12.9. The second-order valence-electron chi connectivity index (χ2n) is 7.40. The van der Waals surface area contributed by atoms with Gasteiger partial charge in [-0.15, -0.1) is 0 Å². The largest absolute Gasteiger partial charge is 0.358 e. The molecule has 4 rings (SSSR count). The molecule has 0 unspecified atom stereocenters. The summed E-state index contributed by atoms with van der Waals surface area (Å²) in [6, 6.07) is 15.8. The molecule has 0 saturated carbocycles. The highest BCUT2D eigenvalue weighted by Gasteiger charge is 2.39. The van der Waals surface area contributed by atoms with Crippen LogP contribution in [0.25, 0.3) is 10.9 Å². The lowest BCUT2D eigenvalue weighted by Gasteiger charge is -2.23. The monoisotopic (exact) mass is 411 g/mol. The van der Waals surface area contributed by atoms with Crippen molar-refractivity contribution in [3.8, 4) is 0 Å². The Kier molecular flexibility index (Phi) is 5.43. The molecule has 2 heterocycles. The SMILES string of the molecule is Cc1[nH]c2ccccc2c1CCNC(=O)[C@H]1CCCN1S(=O)(=O)c1ccccc1. The average Bonchev–Trinajstić information content (AvgIpc) is 3.34. The third-order valence-electron chi connectivity index (χ3n) is 5.56. The van der Waals surface area contributed by atoms with Gasteiger partial charge in [0.25, 0.3) is 0 Å². The third-order valence-corrected chi connectivity index (χ3v) is 7.48. The number of nitrogens with one attached hydrogen (secondary N) is 2. The molecule has 2 aromatic carbocycles. The van der Waals surface area contributed by atoms with Crippen LogP contribution >= 0.6 is 0 Å². The Hall–Kier alpha value is -2.64. The number of carbonyl (C=O) groups is 1. The second kappa shape index (κ2) is 8.00. The van der Waals surface area contributed by atoms with Crippen molar-refractivity contribution in [3.05, 3.63) is 65.9 Å². The molecule has 1 aliphatic rings. The second-order valence-corrected chi connectivity index (χ2v) is 9.29. The summed E-state index contributed by atoms with van der Waals surface area (Å²) < 4.78 is 27.2. The molecule has 0 bridgehead atoms. The number of aromatic amines is 1. The fraction of sp³-hybridized carbons (Fsp3) is 0.318. The van der Waals surface area contributed by atoms with Crippen LogP contribution in [0.15, 0.2) is 59.5 Å². The van der Waals surface area contributed by atoms with Crippen molar-refractivity contribution in [2.45, 2.75) is 37.1 Å². The van der Waals surface area contributed by atoms with Gasteiger partial charge in [-0.05, 0) is 49.9 Å². The van der Waals surface area contributed by atoms with Crippen LogP contribution in [0.5, 0.6) is 0 Å². The van der Waals surface area contributed by atoms with E-state index in [0.717, 1.165) is 16.6 Å². The minimum atomic E-state index is -3.67. The smallest absolute Gasteiger partial charge is 0.243 e. The standard InChI is InChI=1S/C22H25N3O3S/c1-16-18(19-10-5-6-11-20(19)24-16)13-14-23-22(26)21-12-7-15-25(21)29(27,28)17-8-3-2-4-9-17/h2-6,8-11,21,24H,7,12-15H2,1H3,(H,23,26)/t21-/m1/s1. The van der Waals surface area contributed by atoms with Crippen LogP contribution in [0.3, 0.4) is 0 Å². The Morgan fingerprint density at radius 2 is 1.86 bits per heavy atom. The number of H-pyrrole nitrogens is 1. The quantitative estimate of drug-likeness (QED) is 0.654. The molecule has 29 heavy (non-hydrogen) atoms. The molecule has 1 amide bonds. The van der Waals surface area contributed by atoms with Crippen LogP contribution in [-0.4, -0.2) is 42.7 Å². The predicted octanol–water partition coefficient (Wildman–Crippen LogP) is 2.99. The van der Waals surface area contributed by atoms with E-state index in [9.17, 15) is 13.2 Å². The Balaban J connectivity index is 1.43. The fourth-order valence-electron chi connectivity index (χ4n) is 4.10. The number of aryl methyl sites for hydroxylation is 1. The molecular formula is C22H25N3O3S. The molecule has 0 spiro atoms. The van der Waals surface area contributed by atoms with E-state index in [4.69, 9.17) is 0 Å². The van der Waals surface area contributed by atoms with Gasteiger partial charge in [0.15, 0.2) is 0 Å². The van der Waals surface area contributed by atoms with Crippen molar-refractivity contribution in [2.75, 3.05) is 13.1 Å². The fourth-order valence-corrected chi connectivity index (χ4v) is 5.78. The zero-order valence-corrected chi connectivity index (χ0v) is 17.2. The predicted molar refractivity (Wildman–Crippen MR) is 113 cm³/mol. The first-order chi connectivity index (χ1) is 14.0. The van der Waals surface area contributed by atoms with E-state index in [0.29, 0.717) is 32.4 Å². The van der Waals surface area contributed by atoms with E-state index in [-0.39, 0.29) is 10.8 Å². The number of benzene rings is 2. The van der Waals surface area contributed by atoms with E-state index in [1.54, 1.807) is 30.3 Å². The first kappa shape index (κ1) is 19.7. The number of hydrogen-bond acceptors (Lipinski definition) is 3. The molecular weight excluding hydrogens is 386 g/mol. The van der Waals surface area contributed by atoms with Gasteiger partial charge in [-0.25, -0.2) is 8.42 Å². The number of carbonyl (C=O) groups excluding carboxylic acids is 1. The van der Waals surface area contributed by atoms with Crippen molar-refractivity contribution < 1.29 is 13.2 Å². The number of hydrogen-bond donors (Lipinski definition) is 2. The Bertz CT molecular complexity index is 1120. The third kappa shape index (κ3) is 3.80. The summed E-state index contributed by atoms with van der Waals surface area (Å²) in [6.45, 7) is 2.87. The van der Waals surface area contributed by atoms with E-state index in [1.165, 1.54) is 9.87 Å². The Morgan fingerprint density at radius 1 is 1.14 bits per heavy atom. The summed E-state index contributed by atoms with van der Waals surface area (Å²) in [7, 11) is -3.67. The molecule has 0 aliphatic carbocycles.